The lowest BCUT2D eigenvalue weighted by atomic mass is 9.46. The lowest BCUT2D eigenvalue weighted by Gasteiger charge is -2.58. The first-order valence-corrected chi connectivity index (χ1v) is 15.3. The van der Waals surface area contributed by atoms with E-state index in [0.717, 1.165) is 37.8 Å². The van der Waals surface area contributed by atoms with Gasteiger partial charge in [0.15, 0.2) is 5.78 Å². The van der Waals surface area contributed by atoms with Gasteiger partial charge in [0, 0.05) is 25.4 Å². The molecule has 39 heavy (non-hydrogen) atoms. The number of rotatable bonds is 3. The zero-order valence-electron chi connectivity index (χ0n) is 24.9. The number of likely N-dealkylation sites (tertiary alicyclic amines) is 1. The zero-order valence-corrected chi connectivity index (χ0v) is 24.9. The molecule has 5 aliphatic rings. The average Bonchev–Trinajstić information content (AvgIpc) is 3.24. The Bertz CT molecular complexity index is 1070. The summed E-state index contributed by atoms with van der Waals surface area (Å²) in [5, 5.41) is 4.42. The molecule has 5 rings (SSSR count). The van der Waals surface area contributed by atoms with Crippen LogP contribution in [0.25, 0.3) is 0 Å². The van der Waals surface area contributed by atoms with E-state index in [1.54, 1.807) is 4.90 Å². The van der Waals surface area contributed by atoms with Crippen LogP contribution in [0.3, 0.4) is 0 Å². The molecule has 0 radical (unpaired) electrons. The van der Waals surface area contributed by atoms with E-state index in [1.165, 1.54) is 24.8 Å². The molecule has 0 aromatic carbocycles. The molecule has 1 amide bonds. The first-order chi connectivity index (χ1) is 18.3. The van der Waals surface area contributed by atoms with Gasteiger partial charge in [-0.2, -0.15) is 0 Å². The average molecular weight is 541 g/mol. The standard InChI is InChI=1S/C32H48N2O5/c1-20(33-39-28(36)21-8-7-17-34(19-21)29(37)38-30(2,3)4)25-11-12-26-24-10-9-22-18-23(35)13-15-31(22,5)27(24)14-16-32(25,26)6/h18,21,24-27H,7-17,19H2,1-6H3/b33-20+/t21-,24-,25+,26-,27-,31-,32+/m0/s1. The van der Waals surface area contributed by atoms with Gasteiger partial charge in [-0.15, -0.1) is 0 Å². The molecule has 3 saturated carbocycles. The highest BCUT2D eigenvalue weighted by Gasteiger charge is 2.59. The Balaban J connectivity index is 1.22. The van der Waals surface area contributed by atoms with E-state index in [1.807, 2.05) is 33.8 Å². The summed E-state index contributed by atoms with van der Waals surface area (Å²) in [6.45, 7) is 13.4. The molecule has 7 atom stereocenters. The van der Waals surface area contributed by atoms with Crippen molar-refractivity contribution in [1.29, 1.82) is 0 Å². The number of hydrogen-bond acceptors (Lipinski definition) is 6. The number of ketones is 1. The molecule has 0 bridgehead atoms. The van der Waals surface area contributed by atoms with E-state index < -0.39 is 5.60 Å². The first kappa shape index (κ1) is 28.4. The SMILES string of the molecule is C/C(=N\OC(=O)[C@H]1CCCN(C(=O)OC(C)(C)C)C1)[C@H]1CC[C@H]2[C@@H]3CCC4=CC(=O)CC[C@]4(C)[C@H]3CC[C@]12C. The number of amides is 1. The van der Waals surface area contributed by atoms with Gasteiger partial charge in [-0.3, -0.25) is 4.79 Å². The molecule has 0 spiro atoms. The minimum atomic E-state index is -0.565. The van der Waals surface area contributed by atoms with Crippen molar-refractivity contribution < 1.29 is 24.0 Å². The van der Waals surface area contributed by atoms with Crippen LogP contribution in [0.4, 0.5) is 4.79 Å². The monoisotopic (exact) mass is 540 g/mol. The minimum absolute atomic E-state index is 0.168. The predicted octanol–water partition coefficient (Wildman–Crippen LogP) is 6.70. The fourth-order valence-corrected chi connectivity index (χ4v) is 9.16. The van der Waals surface area contributed by atoms with Gasteiger partial charge >= 0.3 is 12.1 Å². The Labute approximate surface area is 234 Å². The van der Waals surface area contributed by atoms with Gasteiger partial charge in [0.2, 0.25) is 0 Å². The van der Waals surface area contributed by atoms with Crippen LogP contribution in [0.1, 0.15) is 106 Å². The van der Waals surface area contributed by atoms with Gasteiger partial charge in [-0.1, -0.05) is 24.6 Å². The maximum Gasteiger partial charge on any atom is 0.410 e. The van der Waals surface area contributed by atoms with Crippen molar-refractivity contribution in [2.45, 2.75) is 111 Å². The smallest absolute Gasteiger partial charge is 0.410 e. The molecule has 7 nitrogen and oxygen atoms in total. The number of carbonyl (C=O) groups excluding carboxylic acids is 3. The third-order valence-electron chi connectivity index (χ3n) is 11.2. The van der Waals surface area contributed by atoms with E-state index in [-0.39, 0.29) is 28.8 Å². The summed E-state index contributed by atoms with van der Waals surface area (Å²) in [5.41, 5.74) is 2.13. The van der Waals surface area contributed by atoms with Crippen molar-refractivity contribution in [1.82, 2.24) is 4.90 Å². The number of hydrogen-bond donors (Lipinski definition) is 0. The van der Waals surface area contributed by atoms with Crippen LogP contribution in [-0.2, 0) is 19.2 Å². The highest BCUT2D eigenvalue weighted by atomic mass is 16.7. The van der Waals surface area contributed by atoms with Crippen molar-refractivity contribution in [3.8, 4) is 0 Å². The second-order valence-electron chi connectivity index (χ2n) is 14.6. The predicted molar refractivity (Wildman–Crippen MR) is 150 cm³/mol. The first-order valence-electron chi connectivity index (χ1n) is 15.3. The van der Waals surface area contributed by atoms with Gasteiger partial charge in [0.05, 0.1) is 11.6 Å². The normalized spacial score (nSPS) is 38.8. The van der Waals surface area contributed by atoms with Gasteiger partial charge in [-0.25, -0.2) is 9.59 Å². The molecule has 7 heteroatoms. The van der Waals surface area contributed by atoms with E-state index in [4.69, 9.17) is 9.57 Å². The molecule has 1 saturated heterocycles. The Morgan fingerprint density at radius 2 is 1.79 bits per heavy atom. The molecular weight excluding hydrogens is 492 g/mol. The van der Waals surface area contributed by atoms with Crippen molar-refractivity contribution in [3.63, 3.8) is 0 Å². The number of carbonyl (C=O) groups is 3. The molecule has 0 aromatic rings. The van der Waals surface area contributed by atoms with E-state index >= 15 is 0 Å². The van der Waals surface area contributed by atoms with Gasteiger partial charge in [0.1, 0.15) is 5.60 Å². The van der Waals surface area contributed by atoms with Crippen LogP contribution in [0.5, 0.6) is 0 Å². The van der Waals surface area contributed by atoms with Crippen molar-refractivity contribution in [3.05, 3.63) is 11.6 Å². The largest absolute Gasteiger partial charge is 0.444 e. The molecule has 0 N–H and O–H groups in total. The zero-order chi connectivity index (χ0) is 28.2. The molecule has 4 fully saturated rings. The number of allylic oxidation sites excluding steroid dienone is 1. The van der Waals surface area contributed by atoms with Gasteiger partial charge in [0.25, 0.3) is 0 Å². The molecule has 0 aromatic heterocycles. The van der Waals surface area contributed by atoms with Crippen LogP contribution in [0, 0.1) is 40.4 Å². The topological polar surface area (TPSA) is 85.3 Å². The third-order valence-corrected chi connectivity index (χ3v) is 11.2. The lowest BCUT2D eigenvalue weighted by Crippen LogP contribution is -2.51. The Morgan fingerprint density at radius 3 is 2.54 bits per heavy atom. The number of ether oxygens (including phenoxy) is 1. The second-order valence-corrected chi connectivity index (χ2v) is 14.6. The second kappa shape index (κ2) is 10.3. The van der Waals surface area contributed by atoms with Crippen LogP contribution in [0.2, 0.25) is 0 Å². The quantitative estimate of drug-likeness (QED) is 0.226. The molecule has 216 valence electrons. The molecule has 1 aliphatic heterocycles. The number of piperidine rings is 1. The van der Waals surface area contributed by atoms with Crippen molar-refractivity contribution in [2.24, 2.45) is 45.6 Å². The number of fused-ring (bicyclic) bond motifs is 5. The number of oxime groups is 1. The van der Waals surface area contributed by atoms with E-state index in [2.05, 4.69) is 19.0 Å². The highest BCUT2D eigenvalue weighted by Crippen LogP contribution is 2.66. The Kier molecular flexibility index (Phi) is 7.51. The summed E-state index contributed by atoms with van der Waals surface area (Å²) in [7, 11) is 0. The molecule has 0 unspecified atom stereocenters. The fourth-order valence-electron chi connectivity index (χ4n) is 9.16. The maximum absolute atomic E-state index is 13.0. The van der Waals surface area contributed by atoms with Crippen molar-refractivity contribution >= 4 is 23.6 Å². The summed E-state index contributed by atoms with van der Waals surface area (Å²) in [6, 6.07) is 0. The maximum atomic E-state index is 13.0. The number of nitrogens with zero attached hydrogens (tertiary/aromatic N) is 2. The van der Waals surface area contributed by atoms with E-state index in [0.29, 0.717) is 55.4 Å². The Morgan fingerprint density at radius 1 is 1.03 bits per heavy atom. The van der Waals surface area contributed by atoms with Gasteiger partial charge < -0.3 is 14.5 Å². The highest BCUT2D eigenvalue weighted by molar-refractivity contribution is 5.91. The molecule has 1 heterocycles. The van der Waals surface area contributed by atoms with Crippen LogP contribution >= 0.6 is 0 Å². The third kappa shape index (κ3) is 5.31. The fraction of sp³-hybridized carbons (Fsp3) is 0.812. The lowest BCUT2D eigenvalue weighted by molar-refractivity contribution is -0.150. The summed E-state index contributed by atoms with van der Waals surface area (Å²) in [5.74, 6) is 1.92. The van der Waals surface area contributed by atoms with E-state index in [9.17, 15) is 14.4 Å². The summed E-state index contributed by atoms with van der Waals surface area (Å²) >= 11 is 0. The van der Waals surface area contributed by atoms with Crippen LogP contribution < -0.4 is 0 Å². The minimum Gasteiger partial charge on any atom is -0.444 e. The van der Waals surface area contributed by atoms with Crippen molar-refractivity contribution in [2.75, 3.05) is 13.1 Å². The summed E-state index contributed by atoms with van der Waals surface area (Å²) in [6.07, 6.45) is 11.7. The molecule has 4 aliphatic carbocycles. The summed E-state index contributed by atoms with van der Waals surface area (Å²) < 4.78 is 5.50. The van der Waals surface area contributed by atoms with Crippen LogP contribution in [-0.4, -0.2) is 47.1 Å². The Hall–Kier alpha value is -2.18. The van der Waals surface area contributed by atoms with Crippen LogP contribution in [0.15, 0.2) is 16.8 Å². The van der Waals surface area contributed by atoms with Gasteiger partial charge in [-0.05, 0) is 120 Å². The summed E-state index contributed by atoms with van der Waals surface area (Å²) in [4.78, 5) is 44.8. The molecular formula is C32H48N2O5.